The van der Waals surface area contributed by atoms with Crippen molar-refractivity contribution in [1.82, 2.24) is 19.5 Å². The molecule has 0 unspecified atom stereocenters. The molecule has 0 saturated carbocycles. The van der Waals surface area contributed by atoms with Crippen LogP contribution in [0.25, 0.3) is 22.3 Å². The van der Waals surface area contributed by atoms with Crippen molar-refractivity contribution in [2.24, 2.45) is 0 Å². The van der Waals surface area contributed by atoms with Crippen LogP contribution < -0.4 is 4.72 Å². The van der Waals surface area contributed by atoms with Crippen LogP contribution in [0.4, 0.5) is 5.69 Å². The minimum Gasteiger partial charge on any atom is -0.308 e. The van der Waals surface area contributed by atoms with Crippen LogP contribution in [0.3, 0.4) is 0 Å². The Bertz CT molecular complexity index is 1750. The van der Waals surface area contributed by atoms with E-state index in [1.807, 2.05) is 37.3 Å². The van der Waals surface area contributed by atoms with Crippen molar-refractivity contribution in [3.8, 4) is 11.1 Å². The van der Waals surface area contributed by atoms with Gasteiger partial charge in [0.15, 0.2) is 5.65 Å². The number of benzene rings is 2. The summed E-state index contributed by atoms with van der Waals surface area (Å²) in [4.78, 5) is 26.2. The predicted octanol–water partition coefficient (Wildman–Crippen LogP) is 5.30. The summed E-state index contributed by atoms with van der Waals surface area (Å²) >= 11 is 0. The van der Waals surface area contributed by atoms with E-state index in [1.165, 1.54) is 18.3 Å². The van der Waals surface area contributed by atoms with E-state index < -0.39 is 15.1 Å². The Morgan fingerprint density at radius 3 is 2.42 bits per heavy atom. The fraction of sp³-hybridized carbons (Fsp3) is 0.172. The molecule has 38 heavy (non-hydrogen) atoms. The van der Waals surface area contributed by atoms with Gasteiger partial charge in [-0.15, -0.1) is 0 Å². The van der Waals surface area contributed by atoms with Crippen molar-refractivity contribution in [3.63, 3.8) is 0 Å². The van der Waals surface area contributed by atoms with Gasteiger partial charge in [0.1, 0.15) is 11.3 Å². The van der Waals surface area contributed by atoms with Crippen molar-refractivity contribution in [1.29, 1.82) is 0 Å². The maximum absolute atomic E-state index is 12.8. The molecule has 0 aliphatic carbocycles. The highest BCUT2D eigenvalue weighted by molar-refractivity contribution is 8.07. The first-order valence-electron chi connectivity index (χ1n) is 12.3. The zero-order valence-corrected chi connectivity index (χ0v) is 22.2. The van der Waals surface area contributed by atoms with Crippen LogP contribution in [-0.2, 0) is 23.0 Å². The molecule has 9 heteroatoms. The van der Waals surface area contributed by atoms with Crippen molar-refractivity contribution in [3.05, 3.63) is 107 Å². The molecule has 0 aliphatic rings. The Labute approximate surface area is 221 Å². The molecule has 192 valence electrons. The monoisotopic (exact) mass is 525 g/mol. The molecule has 0 saturated heterocycles. The lowest BCUT2D eigenvalue weighted by atomic mass is 10.0. The second kappa shape index (κ2) is 10.2. The highest BCUT2D eigenvalue weighted by atomic mass is 32.2. The number of nitrogens with zero attached hydrogens (tertiary/aromatic N) is 4. The van der Waals surface area contributed by atoms with Crippen molar-refractivity contribution < 1.29 is 13.2 Å². The van der Waals surface area contributed by atoms with Gasteiger partial charge in [-0.25, -0.2) is 9.97 Å². The summed E-state index contributed by atoms with van der Waals surface area (Å²) in [6.07, 6.45) is 3.78. The summed E-state index contributed by atoms with van der Waals surface area (Å²) < 4.78 is 30.2. The largest absolute Gasteiger partial charge is 0.308 e. The van der Waals surface area contributed by atoms with E-state index in [-0.39, 0.29) is 11.3 Å². The minimum atomic E-state index is -4.32. The summed E-state index contributed by atoms with van der Waals surface area (Å²) in [6.45, 7) is 6.73. The topological polar surface area (TPSA) is 107 Å². The lowest BCUT2D eigenvalue weighted by Crippen LogP contribution is -2.23. The van der Waals surface area contributed by atoms with E-state index >= 15 is 0 Å². The van der Waals surface area contributed by atoms with Gasteiger partial charge in [0.2, 0.25) is 0 Å². The molecular weight excluding hydrogens is 498 g/mol. The molecule has 0 fully saturated rings. The summed E-state index contributed by atoms with van der Waals surface area (Å²) in [7, 11) is -4.32. The van der Waals surface area contributed by atoms with Crippen LogP contribution in [-0.4, -0.2) is 33.1 Å². The standard InChI is InChI=1S/C29H27N5O3S/c1-4-26-32-27-19(2)16-20(3)31-28(27)34(26)18-21-10-12-22(13-11-21)24-14-15-30-17-25(24)33-38(36,37)29(35)23-8-6-5-7-9-23/h5-17,33H,4,18H2,1-3H3. The minimum absolute atomic E-state index is 0.0909. The average Bonchev–Trinajstić information content (AvgIpc) is 3.27. The fourth-order valence-corrected chi connectivity index (χ4v) is 5.50. The Morgan fingerprint density at radius 1 is 0.974 bits per heavy atom. The zero-order chi connectivity index (χ0) is 26.9. The third-order valence-corrected chi connectivity index (χ3v) is 7.55. The van der Waals surface area contributed by atoms with Gasteiger partial charge in [-0.3, -0.25) is 14.5 Å². The van der Waals surface area contributed by atoms with Gasteiger partial charge in [-0.2, -0.15) is 8.42 Å². The molecule has 3 heterocycles. The molecule has 0 radical (unpaired) electrons. The molecule has 3 aromatic heterocycles. The van der Waals surface area contributed by atoms with E-state index in [1.54, 1.807) is 30.5 Å². The number of rotatable bonds is 7. The summed E-state index contributed by atoms with van der Waals surface area (Å²) in [5.41, 5.74) is 6.63. The van der Waals surface area contributed by atoms with Gasteiger partial charge in [-0.05, 0) is 42.7 Å². The molecule has 5 rings (SSSR count). The number of hydrogen-bond donors (Lipinski definition) is 1. The van der Waals surface area contributed by atoms with E-state index in [2.05, 4.69) is 28.1 Å². The molecular formula is C29H27N5O3S. The van der Waals surface area contributed by atoms with Crippen molar-refractivity contribution in [2.75, 3.05) is 4.72 Å². The molecule has 0 amide bonds. The fourth-order valence-electron chi connectivity index (χ4n) is 4.50. The predicted molar refractivity (Wildman–Crippen MR) is 148 cm³/mol. The molecule has 0 aliphatic heterocycles. The van der Waals surface area contributed by atoms with E-state index in [0.717, 1.165) is 45.8 Å². The Morgan fingerprint density at radius 2 is 1.71 bits per heavy atom. The number of imidazole rings is 1. The first kappa shape index (κ1) is 25.3. The number of hydrogen-bond acceptors (Lipinski definition) is 6. The van der Waals surface area contributed by atoms with Crippen LogP contribution in [0.15, 0.2) is 79.1 Å². The average molecular weight is 526 g/mol. The number of fused-ring (bicyclic) bond motifs is 1. The Kier molecular flexibility index (Phi) is 6.77. The number of carbonyl (C=O) groups is 1. The lowest BCUT2D eigenvalue weighted by molar-refractivity contribution is 0.107. The first-order chi connectivity index (χ1) is 18.3. The van der Waals surface area contributed by atoms with Crippen molar-refractivity contribution in [2.45, 2.75) is 33.7 Å². The number of anilines is 1. The van der Waals surface area contributed by atoms with Gasteiger partial charge in [0.25, 0.3) is 5.12 Å². The smallest absolute Gasteiger partial charge is 0.300 e. The molecule has 0 spiro atoms. The van der Waals surface area contributed by atoms with Gasteiger partial charge in [0.05, 0.1) is 18.4 Å². The second-order valence-corrected chi connectivity index (χ2v) is 10.7. The van der Waals surface area contributed by atoms with Crippen molar-refractivity contribution >= 4 is 32.0 Å². The Hall–Kier alpha value is -4.37. The van der Waals surface area contributed by atoms with Crippen LogP contribution in [0.1, 0.15) is 39.9 Å². The number of nitrogens with one attached hydrogen (secondary N) is 1. The summed E-state index contributed by atoms with van der Waals surface area (Å²) in [6, 6.07) is 19.5. The highest BCUT2D eigenvalue weighted by Crippen LogP contribution is 2.29. The maximum Gasteiger partial charge on any atom is 0.300 e. The van der Waals surface area contributed by atoms with Crippen LogP contribution in [0, 0.1) is 13.8 Å². The number of aromatic nitrogens is 4. The van der Waals surface area contributed by atoms with Crippen LogP contribution in [0.5, 0.6) is 0 Å². The van der Waals surface area contributed by atoms with Crippen LogP contribution in [0.2, 0.25) is 0 Å². The van der Waals surface area contributed by atoms with E-state index in [4.69, 9.17) is 9.97 Å². The van der Waals surface area contributed by atoms with E-state index in [0.29, 0.717) is 12.1 Å². The summed E-state index contributed by atoms with van der Waals surface area (Å²) in [5, 5.41) is -0.998. The number of pyridine rings is 2. The second-order valence-electron chi connectivity index (χ2n) is 9.10. The molecule has 1 N–H and O–H groups in total. The molecule has 5 aromatic rings. The van der Waals surface area contributed by atoms with Gasteiger partial charge in [-0.1, -0.05) is 61.5 Å². The number of sulfonamides is 1. The highest BCUT2D eigenvalue weighted by Gasteiger charge is 2.25. The quantitative estimate of drug-likeness (QED) is 0.309. The van der Waals surface area contributed by atoms with Gasteiger partial charge < -0.3 is 4.57 Å². The summed E-state index contributed by atoms with van der Waals surface area (Å²) in [5.74, 6) is 0.971. The maximum atomic E-state index is 12.8. The van der Waals surface area contributed by atoms with E-state index in [9.17, 15) is 13.2 Å². The molecule has 0 bridgehead atoms. The SMILES string of the molecule is CCc1nc2c(C)cc(C)nc2n1Cc1ccc(-c2ccncc2NS(=O)(=O)C(=O)c2ccccc2)cc1. The molecule has 0 atom stereocenters. The number of carbonyl (C=O) groups excluding carboxylic acids is 1. The lowest BCUT2D eigenvalue weighted by Gasteiger charge is -2.13. The molecule has 2 aromatic carbocycles. The normalized spacial score (nSPS) is 11.6. The third kappa shape index (κ3) is 4.92. The first-order valence-corrected chi connectivity index (χ1v) is 13.7. The van der Waals surface area contributed by atoms with Gasteiger partial charge in [0, 0.05) is 29.4 Å². The Balaban J connectivity index is 1.43. The van der Waals surface area contributed by atoms with Crippen LogP contribution >= 0.6 is 0 Å². The third-order valence-electron chi connectivity index (χ3n) is 6.34. The number of aryl methyl sites for hydroxylation is 3. The molecule has 8 nitrogen and oxygen atoms in total. The zero-order valence-electron chi connectivity index (χ0n) is 21.3. The van der Waals surface area contributed by atoms with Gasteiger partial charge >= 0.3 is 10.0 Å².